The summed E-state index contributed by atoms with van der Waals surface area (Å²) >= 11 is 0. The first-order valence-electron chi connectivity index (χ1n) is 6.01. The molecule has 1 atom stereocenters. The maximum absolute atomic E-state index is 4.28. The van der Waals surface area contributed by atoms with Crippen LogP contribution in [-0.4, -0.2) is 9.97 Å². The monoisotopic (exact) mass is 225 g/mol. The van der Waals surface area contributed by atoms with Crippen LogP contribution in [-0.2, 0) is 0 Å². The van der Waals surface area contributed by atoms with Gasteiger partial charge in [-0.05, 0) is 24.3 Å². The average molecular weight is 225 g/mol. The number of nitrogens with one attached hydrogen (secondary N) is 1. The molecule has 1 aromatic carbocycles. The molecule has 1 aliphatic rings. The summed E-state index contributed by atoms with van der Waals surface area (Å²) in [5.41, 5.74) is 1.33. The Kier molecular flexibility index (Phi) is 2.74. The lowest BCUT2D eigenvalue weighted by molar-refractivity contribution is 0.675. The molecule has 86 valence electrons. The molecule has 1 heterocycles. The van der Waals surface area contributed by atoms with Crippen molar-refractivity contribution in [2.75, 3.05) is 5.32 Å². The minimum Gasteiger partial charge on any atom is -0.362 e. The summed E-state index contributed by atoms with van der Waals surface area (Å²) in [4.78, 5) is 8.37. The van der Waals surface area contributed by atoms with Gasteiger partial charge in [0.1, 0.15) is 5.82 Å². The van der Waals surface area contributed by atoms with Crippen LogP contribution in [0.15, 0.2) is 48.9 Å². The van der Waals surface area contributed by atoms with Gasteiger partial charge in [0.15, 0.2) is 0 Å². The Balaban J connectivity index is 1.82. The number of hydrogen-bond acceptors (Lipinski definition) is 3. The van der Waals surface area contributed by atoms with E-state index in [4.69, 9.17) is 0 Å². The van der Waals surface area contributed by atoms with Crippen LogP contribution in [0.1, 0.15) is 24.4 Å². The van der Waals surface area contributed by atoms with Crippen molar-refractivity contribution in [2.24, 2.45) is 5.92 Å². The standard InChI is InChI=1S/C14H15N3/c1-2-4-11(5-3-1)14(12-6-7-12)17-13-10-15-8-9-16-13/h1-5,8-10,12,14H,6-7H2,(H,16,17)/t14-/m1/s1. The third-order valence-corrected chi connectivity index (χ3v) is 3.12. The predicted molar refractivity (Wildman–Crippen MR) is 67.6 cm³/mol. The molecule has 1 aliphatic carbocycles. The van der Waals surface area contributed by atoms with Crippen molar-refractivity contribution in [3.05, 3.63) is 54.5 Å². The third kappa shape index (κ3) is 2.44. The van der Waals surface area contributed by atoms with E-state index in [2.05, 4.69) is 45.6 Å². The first-order chi connectivity index (χ1) is 8.43. The molecule has 3 heteroatoms. The minimum absolute atomic E-state index is 0.368. The summed E-state index contributed by atoms with van der Waals surface area (Å²) in [6.45, 7) is 0. The van der Waals surface area contributed by atoms with Gasteiger partial charge in [-0.2, -0.15) is 0 Å². The zero-order chi connectivity index (χ0) is 11.5. The van der Waals surface area contributed by atoms with E-state index < -0.39 is 0 Å². The molecule has 17 heavy (non-hydrogen) atoms. The first-order valence-corrected chi connectivity index (χ1v) is 6.01. The van der Waals surface area contributed by atoms with Crippen molar-refractivity contribution in [3.63, 3.8) is 0 Å². The van der Waals surface area contributed by atoms with Crippen molar-refractivity contribution < 1.29 is 0 Å². The van der Waals surface area contributed by atoms with Gasteiger partial charge in [0.05, 0.1) is 12.2 Å². The Morgan fingerprint density at radius 2 is 1.94 bits per heavy atom. The van der Waals surface area contributed by atoms with E-state index >= 15 is 0 Å². The molecule has 0 amide bonds. The normalized spacial score (nSPS) is 16.5. The SMILES string of the molecule is c1ccc([C@@H](Nc2cnccn2)C2CC2)cc1. The Morgan fingerprint density at radius 1 is 1.12 bits per heavy atom. The largest absolute Gasteiger partial charge is 0.362 e. The lowest BCUT2D eigenvalue weighted by Gasteiger charge is -2.18. The summed E-state index contributed by atoms with van der Waals surface area (Å²) in [5, 5.41) is 3.48. The van der Waals surface area contributed by atoms with E-state index in [-0.39, 0.29) is 0 Å². The van der Waals surface area contributed by atoms with Gasteiger partial charge in [-0.3, -0.25) is 4.98 Å². The number of aromatic nitrogens is 2. The van der Waals surface area contributed by atoms with Gasteiger partial charge in [0.2, 0.25) is 0 Å². The maximum atomic E-state index is 4.28. The fourth-order valence-electron chi connectivity index (χ4n) is 2.10. The van der Waals surface area contributed by atoms with E-state index in [0.29, 0.717) is 6.04 Å². The molecule has 0 unspecified atom stereocenters. The van der Waals surface area contributed by atoms with Crippen LogP contribution in [0.3, 0.4) is 0 Å². The Hall–Kier alpha value is -1.90. The summed E-state index contributed by atoms with van der Waals surface area (Å²) in [6.07, 6.45) is 7.79. The first kappa shape index (κ1) is 10.3. The van der Waals surface area contributed by atoms with Crippen LogP contribution in [0, 0.1) is 5.92 Å². The minimum atomic E-state index is 0.368. The molecule has 0 saturated heterocycles. The van der Waals surface area contributed by atoms with Crippen LogP contribution < -0.4 is 5.32 Å². The molecular weight excluding hydrogens is 210 g/mol. The third-order valence-electron chi connectivity index (χ3n) is 3.12. The summed E-state index contributed by atoms with van der Waals surface area (Å²) in [6, 6.07) is 10.9. The molecule has 1 N–H and O–H groups in total. The topological polar surface area (TPSA) is 37.8 Å². The molecule has 1 aromatic heterocycles. The highest BCUT2D eigenvalue weighted by molar-refractivity contribution is 5.37. The molecule has 0 bridgehead atoms. The lowest BCUT2D eigenvalue weighted by atomic mass is 10.0. The van der Waals surface area contributed by atoms with Gasteiger partial charge in [-0.1, -0.05) is 30.3 Å². The van der Waals surface area contributed by atoms with Crippen molar-refractivity contribution in [3.8, 4) is 0 Å². The molecule has 0 aliphatic heterocycles. The second-order valence-corrected chi connectivity index (χ2v) is 4.46. The van der Waals surface area contributed by atoms with Crippen LogP contribution in [0.25, 0.3) is 0 Å². The van der Waals surface area contributed by atoms with Gasteiger partial charge < -0.3 is 5.32 Å². The van der Waals surface area contributed by atoms with E-state index in [1.54, 1.807) is 18.6 Å². The molecule has 0 radical (unpaired) electrons. The highest BCUT2D eigenvalue weighted by atomic mass is 15.0. The Morgan fingerprint density at radius 3 is 2.59 bits per heavy atom. The molecule has 1 saturated carbocycles. The van der Waals surface area contributed by atoms with E-state index in [1.807, 2.05) is 0 Å². The van der Waals surface area contributed by atoms with Crippen molar-refractivity contribution >= 4 is 5.82 Å². The smallest absolute Gasteiger partial charge is 0.144 e. The van der Waals surface area contributed by atoms with Crippen LogP contribution in [0.5, 0.6) is 0 Å². The van der Waals surface area contributed by atoms with E-state index in [1.165, 1.54) is 18.4 Å². The van der Waals surface area contributed by atoms with Crippen molar-refractivity contribution in [2.45, 2.75) is 18.9 Å². The van der Waals surface area contributed by atoms with Crippen LogP contribution in [0.4, 0.5) is 5.82 Å². The van der Waals surface area contributed by atoms with Gasteiger partial charge in [-0.25, -0.2) is 4.98 Å². The van der Waals surface area contributed by atoms with Gasteiger partial charge >= 0.3 is 0 Å². The fraction of sp³-hybridized carbons (Fsp3) is 0.286. The second kappa shape index (κ2) is 4.53. The quantitative estimate of drug-likeness (QED) is 0.869. The van der Waals surface area contributed by atoms with Gasteiger partial charge in [0.25, 0.3) is 0 Å². The summed E-state index contributed by atoms with van der Waals surface area (Å²) in [7, 11) is 0. The zero-order valence-electron chi connectivity index (χ0n) is 9.58. The molecular formula is C14H15N3. The van der Waals surface area contributed by atoms with Crippen LogP contribution >= 0.6 is 0 Å². The number of anilines is 1. The lowest BCUT2D eigenvalue weighted by Crippen LogP contribution is -2.13. The molecule has 0 spiro atoms. The van der Waals surface area contributed by atoms with Gasteiger partial charge in [-0.15, -0.1) is 0 Å². The molecule has 1 fully saturated rings. The van der Waals surface area contributed by atoms with E-state index in [9.17, 15) is 0 Å². The van der Waals surface area contributed by atoms with E-state index in [0.717, 1.165) is 11.7 Å². The summed E-state index contributed by atoms with van der Waals surface area (Å²) < 4.78 is 0. The molecule has 2 aromatic rings. The molecule has 3 nitrogen and oxygen atoms in total. The zero-order valence-corrected chi connectivity index (χ0v) is 9.58. The maximum Gasteiger partial charge on any atom is 0.144 e. The molecule has 3 rings (SSSR count). The number of nitrogens with zero attached hydrogens (tertiary/aromatic N) is 2. The Bertz CT molecular complexity index is 465. The number of benzene rings is 1. The fourth-order valence-corrected chi connectivity index (χ4v) is 2.10. The highest BCUT2D eigenvalue weighted by Crippen LogP contribution is 2.42. The highest BCUT2D eigenvalue weighted by Gasteiger charge is 2.32. The van der Waals surface area contributed by atoms with Crippen molar-refractivity contribution in [1.29, 1.82) is 0 Å². The number of rotatable bonds is 4. The Labute approximate surface area is 101 Å². The number of hydrogen-bond donors (Lipinski definition) is 1. The summed E-state index contributed by atoms with van der Waals surface area (Å²) in [5.74, 6) is 1.59. The van der Waals surface area contributed by atoms with Crippen molar-refractivity contribution in [1.82, 2.24) is 9.97 Å². The van der Waals surface area contributed by atoms with Crippen LogP contribution in [0.2, 0.25) is 0 Å². The average Bonchev–Trinajstić information content (AvgIpc) is 3.23. The predicted octanol–water partition coefficient (Wildman–Crippen LogP) is 3.04. The van der Waals surface area contributed by atoms with Gasteiger partial charge in [0, 0.05) is 12.4 Å². The second-order valence-electron chi connectivity index (χ2n) is 4.46.